The Labute approximate surface area is 86.4 Å². The number of carboxylic acids is 1. The third-order valence-corrected chi connectivity index (χ3v) is 1.86. The molecule has 0 fully saturated rings. The van der Waals surface area contributed by atoms with E-state index in [1.54, 1.807) is 18.2 Å². The summed E-state index contributed by atoms with van der Waals surface area (Å²) in [6, 6.07) is 7.67. The molecule has 1 aromatic carbocycles. The molecule has 1 aromatic rings. The molecule has 80 valence electrons. The number of rotatable bonds is 3. The lowest BCUT2D eigenvalue weighted by Crippen LogP contribution is -2.51. The Balaban J connectivity index is 3.13. The zero-order valence-electron chi connectivity index (χ0n) is 8.10. The molecule has 1 amide bonds. The fraction of sp³-hybridized carbons (Fsp3) is 0.200. The molecule has 0 aliphatic carbocycles. The summed E-state index contributed by atoms with van der Waals surface area (Å²) >= 11 is 0. The van der Waals surface area contributed by atoms with Gasteiger partial charge in [-0.25, -0.2) is 4.79 Å². The highest BCUT2D eigenvalue weighted by atomic mass is 16.4. The first-order valence-electron chi connectivity index (χ1n) is 4.27. The topological polar surface area (TPSA) is 86.6 Å². The second-order valence-corrected chi connectivity index (χ2v) is 3.06. The van der Waals surface area contributed by atoms with Crippen LogP contribution in [0.5, 0.6) is 0 Å². The van der Waals surface area contributed by atoms with Gasteiger partial charge in [0.15, 0.2) is 0 Å². The quantitative estimate of drug-likeness (QED) is 0.614. The number of hydrogen-bond donors (Lipinski definition) is 3. The highest BCUT2D eigenvalue weighted by Gasteiger charge is 2.38. The smallest absolute Gasteiger partial charge is 0.362 e. The Morgan fingerprint density at radius 1 is 1.27 bits per heavy atom. The first-order valence-corrected chi connectivity index (χ1v) is 4.27. The minimum Gasteiger partial charge on any atom is -0.477 e. The van der Waals surface area contributed by atoms with Gasteiger partial charge in [0.25, 0.3) is 5.72 Å². The van der Waals surface area contributed by atoms with Crippen LogP contribution < -0.4 is 5.32 Å². The van der Waals surface area contributed by atoms with E-state index in [-0.39, 0.29) is 5.56 Å². The number of carbonyl (C=O) groups is 2. The highest BCUT2D eigenvalue weighted by molar-refractivity contribution is 5.85. The van der Waals surface area contributed by atoms with Gasteiger partial charge >= 0.3 is 5.97 Å². The maximum absolute atomic E-state index is 10.9. The van der Waals surface area contributed by atoms with Crippen molar-refractivity contribution in [2.24, 2.45) is 0 Å². The van der Waals surface area contributed by atoms with E-state index in [4.69, 9.17) is 5.11 Å². The van der Waals surface area contributed by atoms with Crippen LogP contribution in [0.25, 0.3) is 0 Å². The standard InChI is InChI=1S/C10H11NO4/c1-7(12)11-10(15,9(13)14)8-5-3-2-4-6-8/h2-6,15H,1H3,(H,11,12)(H,13,14). The third-order valence-electron chi connectivity index (χ3n) is 1.86. The molecule has 0 spiro atoms. The predicted molar refractivity (Wildman–Crippen MR) is 51.8 cm³/mol. The molecule has 1 atom stereocenters. The van der Waals surface area contributed by atoms with Gasteiger partial charge in [-0.1, -0.05) is 30.3 Å². The average Bonchev–Trinajstić information content (AvgIpc) is 2.17. The van der Waals surface area contributed by atoms with Gasteiger partial charge in [0, 0.05) is 12.5 Å². The average molecular weight is 209 g/mol. The first-order chi connectivity index (χ1) is 6.97. The Morgan fingerprint density at radius 3 is 2.20 bits per heavy atom. The summed E-state index contributed by atoms with van der Waals surface area (Å²) in [5, 5.41) is 20.7. The molecule has 0 saturated heterocycles. The number of aliphatic hydroxyl groups is 1. The van der Waals surface area contributed by atoms with E-state index >= 15 is 0 Å². The van der Waals surface area contributed by atoms with Gasteiger partial charge in [-0.15, -0.1) is 0 Å². The van der Waals surface area contributed by atoms with E-state index in [0.29, 0.717) is 0 Å². The Bertz CT molecular complexity index is 376. The van der Waals surface area contributed by atoms with Gasteiger partial charge in [0.2, 0.25) is 5.91 Å². The van der Waals surface area contributed by atoms with Crippen LogP contribution in [0, 0.1) is 0 Å². The zero-order chi connectivity index (χ0) is 11.5. The Hall–Kier alpha value is -1.88. The third kappa shape index (κ3) is 2.32. The molecule has 1 rings (SSSR count). The highest BCUT2D eigenvalue weighted by Crippen LogP contribution is 2.17. The van der Waals surface area contributed by atoms with Gasteiger partial charge in [0.05, 0.1) is 0 Å². The Morgan fingerprint density at radius 2 is 1.80 bits per heavy atom. The van der Waals surface area contributed by atoms with Crippen LogP contribution in [-0.2, 0) is 15.3 Å². The van der Waals surface area contributed by atoms with Gasteiger partial charge in [0.1, 0.15) is 0 Å². The van der Waals surface area contributed by atoms with Crippen molar-refractivity contribution < 1.29 is 19.8 Å². The molecular formula is C10H11NO4. The van der Waals surface area contributed by atoms with Crippen molar-refractivity contribution in [2.45, 2.75) is 12.6 Å². The number of carbonyl (C=O) groups excluding carboxylic acids is 1. The molecule has 5 nitrogen and oxygen atoms in total. The van der Waals surface area contributed by atoms with Crippen molar-refractivity contribution >= 4 is 11.9 Å². The summed E-state index contributed by atoms with van der Waals surface area (Å²) in [7, 11) is 0. The molecule has 0 heterocycles. The minimum absolute atomic E-state index is 0.104. The second kappa shape index (κ2) is 4.10. The van der Waals surface area contributed by atoms with Gasteiger partial charge < -0.3 is 15.5 Å². The largest absolute Gasteiger partial charge is 0.477 e. The molecule has 15 heavy (non-hydrogen) atoms. The molecular weight excluding hydrogens is 198 g/mol. The second-order valence-electron chi connectivity index (χ2n) is 3.06. The van der Waals surface area contributed by atoms with Crippen LogP contribution in [0.4, 0.5) is 0 Å². The first kappa shape index (κ1) is 11.2. The molecule has 3 N–H and O–H groups in total. The van der Waals surface area contributed by atoms with E-state index in [1.807, 2.05) is 5.32 Å². The molecule has 5 heteroatoms. The van der Waals surface area contributed by atoms with Crippen LogP contribution in [0.1, 0.15) is 12.5 Å². The van der Waals surface area contributed by atoms with Crippen molar-refractivity contribution in [3.05, 3.63) is 35.9 Å². The molecule has 0 aliphatic rings. The van der Waals surface area contributed by atoms with Crippen molar-refractivity contribution in [3.63, 3.8) is 0 Å². The van der Waals surface area contributed by atoms with Gasteiger partial charge in [-0.2, -0.15) is 0 Å². The SMILES string of the molecule is CC(=O)NC(O)(C(=O)O)c1ccccc1. The Kier molecular flexibility index (Phi) is 3.06. The predicted octanol–water partition coefficient (Wildman–Crippen LogP) is 0.0524. The van der Waals surface area contributed by atoms with Crippen LogP contribution in [-0.4, -0.2) is 22.1 Å². The molecule has 0 bridgehead atoms. The van der Waals surface area contributed by atoms with Gasteiger partial charge in [-0.3, -0.25) is 4.79 Å². The lowest BCUT2D eigenvalue weighted by atomic mass is 10.0. The van der Waals surface area contributed by atoms with Crippen molar-refractivity contribution in [1.82, 2.24) is 5.32 Å². The lowest BCUT2D eigenvalue weighted by molar-refractivity contribution is -0.166. The fourth-order valence-corrected chi connectivity index (χ4v) is 1.18. The lowest BCUT2D eigenvalue weighted by Gasteiger charge is -2.24. The summed E-state index contributed by atoms with van der Waals surface area (Å²) in [6.45, 7) is 1.14. The summed E-state index contributed by atoms with van der Waals surface area (Å²) in [4.78, 5) is 21.7. The van der Waals surface area contributed by atoms with Crippen molar-refractivity contribution in [3.8, 4) is 0 Å². The molecule has 0 aromatic heterocycles. The van der Waals surface area contributed by atoms with E-state index in [0.717, 1.165) is 6.92 Å². The van der Waals surface area contributed by atoms with E-state index in [1.165, 1.54) is 12.1 Å². The monoisotopic (exact) mass is 209 g/mol. The van der Waals surface area contributed by atoms with Crippen LogP contribution in [0.2, 0.25) is 0 Å². The summed E-state index contributed by atoms with van der Waals surface area (Å²) in [5.74, 6) is -2.15. The fourth-order valence-electron chi connectivity index (χ4n) is 1.18. The summed E-state index contributed by atoms with van der Waals surface area (Å²) < 4.78 is 0. The van der Waals surface area contributed by atoms with Crippen LogP contribution in [0.15, 0.2) is 30.3 Å². The zero-order valence-corrected chi connectivity index (χ0v) is 8.10. The minimum atomic E-state index is -2.37. The van der Waals surface area contributed by atoms with Crippen LogP contribution in [0.3, 0.4) is 0 Å². The molecule has 0 aliphatic heterocycles. The number of benzene rings is 1. The van der Waals surface area contributed by atoms with E-state index in [2.05, 4.69) is 0 Å². The summed E-state index contributed by atoms with van der Waals surface area (Å²) in [5.41, 5.74) is -2.26. The van der Waals surface area contributed by atoms with Crippen molar-refractivity contribution in [1.29, 1.82) is 0 Å². The number of amides is 1. The number of hydrogen-bond acceptors (Lipinski definition) is 3. The number of aliphatic carboxylic acids is 1. The maximum Gasteiger partial charge on any atom is 0.362 e. The normalized spacial score (nSPS) is 14.0. The van der Waals surface area contributed by atoms with Crippen molar-refractivity contribution in [2.75, 3.05) is 0 Å². The molecule has 0 radical (unpaired) electrons. The molecule has 0 saturated carbocycles. The molecule has 1 unspecified atom stereocenters. The van der Waals surface area contributed by atoms with E-state index in [9.17, 15) is 14.7 Å². The van der Waals surface area contributed by atoms with Gasteiger partial charge in [-0.05, 0) is 0 Å². The van der Waals surface area contributed by atoms with E-state index < -0.39 is 17.6 Å². The number of nitrogens with one attached hydrogen (secondary N) is 1. The number of carboxylic acid groups (broad SMARTS) is 1. The summed E-state index contributed by atoms with van der Waals surface area (Å²) in [6.07, 6.45) is 0. The maximum atomic E-state index is 10.9. The van der Waals surface area contributed by atoms with Crippen LogP contribution >= 0.6 is 0 Å².